The monoisotopic (exact) mass is 260 g/mol. The van der Waals surface area contributed by atoms with Gasteiger partial charge in [-0.15, -0.1) is 0 Å². The smallest absolute Gasteiger partial charge is 0.345 e. The zero-order valence-corrected chi connectivity index (χ0v) is 11.0. The molecule has 1 N–H and O–H groups in total. The van der Waals surface area contributed by atoms with Crippen LogP contribution in [0.4, 0.5) is 0 Å². The van der Waals surface area contributed by atoms with Gasteiger partial charge in [0.15, 0.2) is 11.5 Å². The molecule has 0 amide bonds. The van der Waals surface area contributed by atoms with E-state index in [1.807, 2.05) is 32.0 Å². The summed E-state index contributed by atoms with van der Waals surface area (Å²) in [5.74, 6) is 1.36. The fourth-order valence-electron chi connectivity index (χ4n) is 1.76. The molecule has 0 saturated heterocycles. The van der Waals surface area contributed by atoms with Crippen LogP contribution >= 0.6 is 0 Å². The summed E-state index contributed by atoms with van der Waals surface area (Å²) in [6.07, 6.45) is 1.48. The molecule has 2 rings (SSSR count). The summed E-state index contributed by atoms with van der Waals surface area (Å²) in [7, 11) is 0. The molecule has 0 aliphatic carbocycles. The fraction of sp³-hybridized carbons (Fsp3) is 0.286. The second kappa shape index (κ2) is 6.04. The van der Waals surface area contributed by atoms with Gasteiger partial charge in [0.2, 0.25) is 0 Å². The highest BCUT2D eigenvalue weighted by Gasteiger charge is 2.07. The zero-order chi connectivity index (χ0) is 13.7. The predicted octanol–water partition coefficient (Wildman–Crippen LogP) is 2.23. The number of H-pyrrole nitrogens is 1. The number of hydrogen-bond acceptors (Lipinski definition) is 4. The fourth-order valence-corrected chi connectivity index (χ4v) is 1.76. The van der Waals surface area contributed by atoms with Crippen LogP contribution in [0.1, 0.15) is 13.8 Å². The lowest BCUT2D eigenvalue weighted by Gasteiger charge is -2.12. The van der Waals surface area contributed by atoms with Crippen molar-refractivity contribution >= 4 is 0 Å². The van der Waals surface area contributed by atoms with E-state index in [0.717, 1.165) is 5.56 Å². The lowest BCUT2D eigenvalue weighted by Crippen LogP contribution is -2.09. The first-order valence-electron chi connectivity index (χ1n) is 6.20. The summed E-state index contributed by atoms with van der Waals surface area (Å²) >= 11 is 0. The Morgan fingerprint density at radius 3 is 2.53 bits per heavy atom. The molecular formula is C14H16N2O3. The molecule has 0 spiro atoms. The first kappa shape index (κ1) is 13.1. The largest absolute Gasteiger partial charge is 0.490 e. The molecule has 5 nitrogen and oxygen atoms in total. The van der Waals surface area contributed by atoms with Crippen molar-refractivity contribution in [3.63, 3.8) is 0 Å². The normalized spacial score (nSPS) is 10.2. The second-order valence-corrected chi connectivity index (χ2v) is 3.82. The summed E-state index contributed by atoms with van der Waals surface area (Å²) in [6.45, 7) is 4.96. The van der Waals surface area contributed by atoms with Gasteiger partial charge in [0.05, 0.1) is 18.9 Å². The van der Waals surface area contributed by atoms with E-state index in [1.165, 1.54) is 6.20 Å². The lowest BCUT2D eigenvalue weighted by molar-refractivity contribution is 0.288. The molecular weight excluding hydrogens is 244 g/mol. The van der Waals surface area contributed by atoms with Crippen LogP contribution in [0.2, 0.25) is 0 Å². The molecule has 2 aromatic rings. The third kappa shape index (κ3) is 3.13. The van der Waals surface area contributed by atoms with Crippen molar-refractivity contribution in [1.29, 1.82) is 0 Å². The molecule has 0 bridgehead atoms. The first-order chi connectivity index (χ1) is 9.24. The Labute approximate surface area is 111 Å². The van der Waals surface area contributed by atoms with Gasteiger partial charge in [0.25, 0.3) is 0 Å². The third-order valence-electron chi connectivity index (χ3n) is 2.53. The molecule has 1 heterocycles. The maximum Gasteiger partial charge on any atom is 0.345 e. The van der Waals surface area contributed by atoms with Gasteiger partial charge < -0.3 is 14.5 Å². The minimum Gasteiger partial charge on any atom is -0.490 e. The van der Waals surface area contributed by atoms with E-state index in [-0.39, 0.29) is 5.69 Å². The van der Waals surface area contributed by atoms with E-state index in [0.29, 0.717) is 30.4 Å². The van der Waals surface area contributed by atoms with Crippen molar-refractivity contribution in [3.05, 3.63) is 40.9 Å². The number of ether oxygens (including phenoxy) is 2. The molecule has 1 aromatic heterocycles. The quantitative estimate of drug-likeness (QED) is 0.895. The van der Waals surface area contributed by atoms with Crippen molar-refractivity contribution in [3.8, 4) is 22.8 Å². The van der Waals surface area contributed by atoms with E-state index in [9.17, 15) is 4.79 Å². The van der Waals surface area contributed by atoms with Gasteiger partial charge in [-0.3, -0.25) is 0 Å². The summed E-state index contributed by atoms with van der Waals surface area (Å²) in [5, 5.41) is 0. The second-order valence-electron chi connectivity index (χ2n) is 3.82. The number of aromatic nitrogens is 2. The maximum absolute atomic E-state index is 11.2. The van der Waals surface area contributed by atoms with Crippen LogP contribution in [0.5, 0.6) is 11.5 Å². The molecule has 0 unspecified atom stereocenters. The summed E-state index contributed by atoms with van der Waals surface area (Å²) in [5.41, 5.74) is 1.18. The van der Waals surface area contributed by atoms with Gasteiger partial charge in [-0.25, -0.2) is 9.78 Å². The van der Waals surface area contributed by atoms with Crippen LogP contribution in [-0.4, -0.2) is 23.2 Å². The number of nitrogens with one attached hydrogen (secondary N) is 1. The molecule has 0 radical (unpaired) electrons. The highest BCUT2D eigenvalue weighted by molar-refractivity contribution is 5.63. The van der Waals surface area contributed by atoms with Gasteiger partial charge in [0.1, 0.15) is 0 Å². The van der Waals surface area contributed by atoms with Crippen molar-refractivity contribution in [2.45, 2.75) is 13.8 Å². The van der Waals surface area contributed by atoms with Gasteiger partial charge >= 0.3 is 5.69 Å². The molecule has 0 atom stereocenters. The Hall–Kier alpha value is -2.30. The molecule has 5 heteroatoms. The Bertz CT molecular complexity index is 608. The topological polar surface area (TPSA) is 64.2 Å². The van der Waals surface area contributed by atoms with Gasteiger partial charge in [0, 0.05) is 11.8 Å². The van der Waals surface area contributed by atoms with E-state index in [1.54, 1.807) is 6.07 Å². The van der Waals surface area contributed by atoms with Crippen LogP contribution in [0.15, 0.2) is 35.3 Å². The Morgan fingerprint density at radius 1 is 1.11 bits per heavy atom. The van der Waals surface area contributed by atoms with E-state index in [2.05, 4.69) is 9.97 Å². The highest BCUT2D eigenvalue weighted by atomic mass is 16.5. The zero-order valence-electron chi connectivity index (χ0n) is 11.0. The summed E-state index contributed by atoms with van der Waals surface area (Å²) < 4.78 is 11.0. The van der Waals surface area contributed by atoms with Crippen molar-refractivity contribution in [1.82, 2.24) is 9.97 Å². The van der Waals surface area contributed by atoms with Gasteiger partial charge in [-0.1, -0.05) is 0 Å². The number of nitrogens with zero attached hydrogens (tertiary/aromatic N) is 1. The number of rotatable bonds is 5. The maximum atomic E-state index is 11.2. The van der Waals surface area contributed by atoms with Gasteiger partial charge in [-0.05, 0) is 38.1 Å². The summed E-state index contributed by atoms with van der Waals surface area (Å²) in [6, 6.07) is 7.30. The molecule has 100 valence electrons. The van der Waals surface area contributed by atoms with Crippen LogP contribution < -0.4 is 15.2 Å². The average Bonchev–Trinajstić information content (AvgIpc) is 2.41. The van der Waals surface area contributed by atoms with Crippen LogP contribution in [0.25, 0.3) is 11.3 Å². The van der Waals surface area contributed by atoms with Crippen molar-refractivity contribution in [2.75, 3.05) is 13.2 Å². The minimum atomic E-state index is -0.371. The van der Waals surface area contributed by atoms with E-state index in [4.69, 9.17) is 9.47 Å². The third-order valence-corrected chi connectivity index (χ3v) is 2.53. The molecule has 19 heavy (non-hydrogen) atoms. The van der Waals surface area contributed by atoms with Crippen molar-refractivity contribution in [2.24, 2.45) is 0 Å². The van der Waals surface area contributed by atoms with Crippen LogP contribution in [-0.2, 0) is 0 Å². The number of hydrogen-bond donors (Lipinski definition) is 1. The van der Waals surface area contributed by atoms with Gasteiger partial charge in [-0.2, -0.15) is 0 Å². The molecule has 0 aliphatic rings. The highest BCUT2D eigenvalue weighted by Crippen LogP contribution is 2.31. The summed E-state index contributed by atoms with van der Waals surface area (Å²) in [4.78, 5) is 17.5. The Morgan fingerprint density at radius 2 is 1.84 bits per heavy atom. The van der Waals surface area contributed by atoms with E-state index >= 15 is 0 Å². The van der Waals surface area contributed by atoms with Crippen molar-refractivity contribution < 1.29 is 9.47 Å². The van der Waals surface area contributed by atoms with E-state index < -0.39 is 0 Å². The number of benzene rings is 1. The molecule has 0 aliphatic heterocycles. The van der Waals surface area contributed by atoms with Crippen LogP contribution in [0, 0.1) is 0 Å². The molecule has 0 saturated carbocycles. The predicted molar refractivity (Wildman–Crippen MR) is 72.6 cm³/mol. The average molecular weight is 260 g/mol. The molecule has 0 fully saturated rings. The lowest BCUT2D eigenvalue weighted by atomic mass is 10.1. The Balaban J connectivity index is 2.42. The first-order valence-corrected chi connectivity index (χ1v) is 6.20. The standard InChI is InChI=1S/C14H16N2O3/c1-3-18-12-6-5-10(9-13(12)19-4-2)11-7-8-15-14(17)16-11/h5-9H,3-4H2,1-2H3,(H,15,16,17). The minimum absolute atomic E-state index is 0.371. The van der Waals surface area contributed by atoms with Crippen LogP contribution in [0.3, 0.4) is 0 Å². The SMILES string of the molecule is CCOc1ccc(-c2ccnc(=O)[nH]2)cc1OCC. The Kier molecular flexibility index (Phi) is 4.18. The molecule has 1 aromatic carbocycles. The number of aromatic amines is 1.